The predicted octanol–water partition coefficient (Wildman–Crippen LogP) is 1.16. The van der Waals surface area contributed by atoms with Crippen molar-refractivity contribution in [2.24, 2.45) is 0 Å². The van der Waals surface area contributed by atoms with Crippen LogP contribution in [-0.2, 0) is 4.79 Å². The molecule has 0 bridgehead atoms. The van der Waals surface area contributed by atoms with Crippen molar-refractivity contribution in [1.29, 1.82) is 0 Å². The summed E-state index contributed by atoms with van der Waals surface area (Å²) in [6.45, 7) is 2.06. The number of Topliss-reactive ketones (excluding diaryl/α,β-unsaturated/α-hetero) is 1. The zero-order chi connectivity index (χ0) is 13.1. The molecule has 96 valence electrons. The minimum atomic E-state index is -0.504. The number of carbonyl (C=O) groups excluding carboxylic acids is 2. The molecular weight excluding hydrogens is 230 g/mol. The average molecular weight is 247 g/mol. The average Bonchev–Trinajstić information content (AvgIpc) is 3.19. The minimum absolute atomic E-state index is 0.108. The molecule has 1 amide bonds. The molecule has 0 heterocycles. The van der Waals surface area contributed by atoms with Gasteiger partial charge in [0, 0.05) is 18.2 Å². The molecule has 1 aromatic rings. The molecule has 0 aliphatic heterocycles. The Morgan fingerprint density at radius 2 is 1.89 bits per heavy atom. The molecule has 0 spiro atoms. The van der Waals surface area contributed by atoms with Crippen LogP contribution < -0.4 is 0 Å². The number of hydrogen-bond donors (Lipinski definition) is 1. The van der Waals surface area contributed by atoms with Crippen LogP contribution in [0.2, 0.25) is 0 Å². The van der Waals surface area contributed by atoms with Crippen molar-refractivity contribution in [3.05, 3.63) is 35.4 Å². The van der Waals surface area contributed by atoms with Crippen molar-refractivity contribution >= 4 is 11.7 Å². The molecule has 18 heavy (non-hydrogen) atoms. The van der Waals surface area contributed by atoms with Crippen LogP contribution in [0.15, 0.2) is 24.3 Å². The van der Waals surface area contributed by atoms with Crippen LogP contribution in [0.5, 0.6) is 0 Å². The summed E-state index contributed by atoms with van der Waals surface area (Å²) in [5.74, 6) is -0.995. The second-order valence-corrected chi connectivity index (χ2v) is 4.65. The summed E-state index contributed by atoms with van der Waals surface area (Å²) < 4.78 is 0. The van der Waals surface area contributed by atoms with Gasteiger partial charge < -0.3 is 10.0 Å². The molecule has 1 aromatic carbocycles. The lowest BCUT2D eigenvalue weighted by Gasteiger charge is -2.20. The maximum absolute atomic E-state index is 12.1. The normalized spacial score (nSPS) is 14.3. The van der Waals surface area contributed by atoms with Gasteiger partial charge in [-0.2, -0.15) is 0 Å². The van der Waals surface area contributed by atoms with Gasteiger partial charge in [-0.15, -0.1) is 0 Å². The summed E-state index contributed by atoms with van der Waals surface area (Å²) in [6, 6.07) is 7.10. The SMILES string of the molecule is Cc1ccc(C(=O)C(=O)N(CCO)C2CC2)cc1. The van der Waals surface area contributed by atoms with E-state index >= 15 is 0 Å². The molecule has 1 saturated carbocycles. The predicted molar refractivity (Wildman–Crippen MR) is 67.3 cm³/mol. The lowest BCUT2D eigenvalue weighted by Crippen LogP contribution is -2.40. The second-order valence-electron chi connectivity index (χ2n) is 4.65. The molecule has 2 rings (SSSR count). The van der Waals surface area contributed by atoms with E-state index in [2.05, 4.69) is 0 Å². The summed E-state index contributed by atoms with van der Waals surface area (Å²) in [7, 11) is 0. The fraction of sp³-hybridized carbons (Fsp3) is 0.429. The second kappa shape index (κ2) is 5.31. The van der Waals surface area contributed by atoms with Crippen molar-refractivity contribution in [3.63, 3.8) is 0 Å². The highest BCUT2D eigenvalue weighted by atomic mass is 16.3. The molecule has 0 saturated heterocycles. The number of amides is 1. The number of aryl methyl sites for hydroxylation is 1. The number of carbonyl (C=O) groups is 2. The van der Waals surface area contributed by atoms with Crippen molar-refractivity contribution in [3.8, 4) is 0 Å². The van der Waals surface area contributed by atoms with Crippen LogP contribution in [0.4, 0.5) is 0 Å². The number of rotatable bonds is 5. The monoisotopic (exact) mass is 247 g/mol. The first-order valence-corrected chi connectivity index (χ1v) is 6.16. The Hall–Kier alpha value is -1.68. The molecule has 0 aromatic heterocycles. The lowest BCUT2D eigenvalue weighted by molar-refractivity contribution is -0.127. The summed E-state index contributed by atoms with van der Waals surface area (Å²) in [6.07, 6.45) is 1.85. The summed E-state index contributed by atoms with van der Waals surface area (Å²) in [5, 5.41) is 8.95. The molecule has 4 nitrogen and oxygen atoms in total. The van der Waals surface area contributed by atoms with Crippen LogP contribution in [0.3, 0.4) is 0 Å². The molecule has 0 atom stereocenters. The Balaban J connectivity index is 2.11. The van der Waals surface area contributed by atoms with E-state index in [-0.39, 0.29) is 19.2 Å². The molecule has 1 aliphatic rings. The number of ketones is 1. The van der Waals surface area contributed by atoms with Gasteiger partial charge in [-0.05, 0) is 19.8 Å². The van der Waals surface area contributed by atoms with E-state index in [4.69, 9.17) is 5.11 Å². The van der Waals surface area contributed by atoms with Gasteiger partial charge in [0.05, 0.1) is 6.61 Å². The molecule has 4 heteroatoms. The van der Waals surface area contributed by atoms with Gasteiger partial charge in [-0.1, -0.05) is 29.8 Å². The van der Waals surface area contributed by atoms with Gasteiger partial charge in [0.15, 0.2) is 0 Å². The third-order valence-corrected chi connectivity index (χ3v) is 3.10. The first kappa shape index (κ1) is 12.8. The number of aliphatic hydroxyl groups excluding tert-OH is 1. The van der Waals surface area contributed by atoms with Crippen molar-refractivity contribution < 1.29 is 14.7 Å². The zero-order valence-electron chi connectivity index (χ0n) is 10.4. The van der Waals surface area contributed by atoms with Crippen LogP contribution in [0, 0.1) is 6.92 Å². The maximum Gasteiger partial charge on any atom is 0.295 e. The molecule has 1 fully saturated rings. The van der Waals surface area contributed by atoms with Crippen LogP contribution in [-0.4, -0.2) is 40.9 Å². The van der Waals surface area contributed by atoms with Crippen molar-refractivity contribution in [2.75, 3.05) is 13.2 Å². The highest BCUT2D eigenvalue weighted by molar-refractivity contribution is 6.42. The van der Waals surface area contributed by atoms with Gasteiger partial charge in [0.25, 0.3) is 5.91 Å². The van der Waals surface area contributed by atoms with Gasteiger partial charge in [0.2, 0.25) is 5.78 Å². The molecule has 0 radical (unpaired) electrons. The Kier molecular flexibility index (Phi) is 3.77. The largest absolute Gasteiger partial charge is 0.395 e. The van der Waals surface area contributed by atoms with Crippen LogP contribution in [0.25, 0.3) is 0 Å². The van der Waals surface area contributed by atoms with Crippen molar-refractivity contribution in [1.82, 2.24) is 4.90 Å². The van der Waals surface area contributed by atoms with E-state index in [1.165, 1.54) is 4.90 Å². The fourth-order valence-corrected chi connectivity index (χ4v) is 1.90. The molecule has 1 N–H and O–H groups in total. The molecule has 1 aliphatic carbocycles. The molecule has 0 unspecified atom stereocenters. The standard InChI is InChI=1S/C14H17NO3/c1-10-2-4-11(5-3-10)13(17)14(18)15(8-9-16)12-6-7-12/h2-5,12,16H,6-9H2,1H3. The Morgan fingerprint density at radius 3 is 2.39 bits per heavy atom. The summed E-state index contributed by atoms with van der Waals surface area (Å²) in [5.41, 5.74) is 1.46. The van der Waals surface area contributed by atoms with Crippen LogP contribution >= 0.6 is 0 Å². The third kappa shape index (κ3) is 2.76. The van der Waals surface area contributed by atoms with Crippen molar-refractivity contribution in [2.45, 2.75) is 25.8 Å². The number of benzene rings is 1. The van der Waals surface area contributed by atoms with E-state index in [0.717, 1.165) is 18.4 Å². The van der Waals surface area contributed by atoms with Gasteiger partial charge in [-0.3, -0.25) is 9.59 Å². The Morgan fingerprint density at radius 1 is 1.28 bits per heavy atom. The third-order valence-electron chi connectivity index (χ3n) is 3.10. The maximum atomic E-state index is 12.1. The fourth-order valence-electron chi connectivity index (χ4n) is 1.90. The Bertz CT molecular complexity index is 449. The first-order valence-electron chi connectivity index (χ1n) is 6.16. The van der Waals surface area contributed by atoms with E-state index in [1.807, 2.05) is 19.1 Å². The van der Waals surface area contributed by atoms with E-state index < -0.39 is 11.7 Å². The minimum Gasteiger partial charge on any atom is -0.395 e. The lowest BCUT2D eigenvalue weighted by atomic mass is 10.1. The summed E-state index contributed by atoms with van der Waals surface area (Å²) >= 11 is 0. The quantitative estimate of drug-likeness (QED) is 0.627. The number of aliphatic hydroxyl groups is 1. The highest BCUT2D eigenvalue weighted by Gasteiger charge is 2.35. The van der Waals surface area contributed by atoms with Crippen LogP contribution in [0.1, 0.15) is 28.8 Å². The van der Waals surface area contributed by atoms with E-state index in [9.17, 15) is 9.59 Å². The van der Waals surface area contributed by atoms with Gasteiger partial charge in [0.1, 0.15) is 0 Å². The van der Waals surface area contributed by atoms with Gasteiger partial charge >= 0.3 is 0 Å². The van der Waals surface area contributed by atoms with E-state index in [0.29, 0.717) is 5.56 Å². The van der Waals surface area contributed by atoms with Gasteiger partial charge in [-0.25, -0.2) is 0 Å². The van der Waals surface area contributed by atoms with E-state index in [1.54, 1.807) is 12.1 Å². The number of hydrogen-bond acceptors (Lipinski definition) is 3. The molecular formula is C14H17NO3. The first-order chi connectivity index (χ1) is 8.63. The highest BCUT2D eigenvalue weighted by Crippen LogP contribution is 2.27. The summed E-state index contributed by atoms with van der Waals surface area (Å²) in [4.78, 5) is 25.6. The number of nitrogens with zero attached hydrogens (tertiary/aromatic N) is 1. The zero-order valence-corrected chi connectivity index (χ0v) is 10.4. The topological polar surface area (TPSA) is 57.6 Å². The smallest absolute Gasteiger partial charge is 0.295 e. The Labute approximate surface area is 106 Å².